The zero-order valence-corrected chi connectivity index (χ0v) is 17.6. The molecule has 0 aromatic heterocycles. The third kappa shape index (κ3) is 3.08. The van der Waals surface area contributed by atoms with Gasteiger partial charge < -0.3 is 0 Å². The van der Waals surface area contributed by atoms with E-state index in [4.69, 9.17) is 0 Å². The third-order valence-electron chi connectivity index (χ3n) is 5.66. The van der Waals surface area contributed by atoms with Crippen molar-refractivity contribution in [1.82, 2.24) is 0 Å². The van der Waals surface area contributed by atoms with Crippen LogP contribution in [0.4, 0.5) is 0 Å². The minimum absolute atomic E-state index is 0.0903. The summed E-state index contributed by atoms with van der Waals surface area (Å²) in [6.45, 7) is 6.60. The van der Waals surface area contributed by atoms with Gasteiger partial charge in [-0.2, -0.15) is 0 Å². The zero-order valence-electron chi connectivity index (χ0n) is 16.8. The molecule has 5 aromatic carbocycles. The molecule has 0 atom stereocenters. The molecule has 0 unspecified atom stereocenters. The van der Waals surface area contributed by atoms with Crippen LogP contribution in [0.3, 0.4) is 0 Å². The van der Waals surface area contributed by atoms with E-state index in [1.165, 1.54) is 38.9 Å². The van der Waals surface area contributed by atoms with E-state index < -0.39 is 0 Å². The van der Waals surface area contributed by atoms with E-state index in [0.717, 1.165) is 21.2 Å². The van der Waals surface area contributed by atoms with Gasteiger partial charge in [0.2, 0.25) is 5.12 Å². The van der Waals surface area contributed by atoms with Gasteiger partial charge in [-0.3, -0.25) is 4.79 Å². The first-order valence-corrected chi connectivity index (χ1v) is 10.7. The van der Waals surface area contributed by atoms with E-state index in [9.17, 15) is 4.79 Å². The van der Waals surface area contributed by atoms with E-state index in [-0.39, 0.29) is 10.5 Å². The van der Waals surface area contributed by atoms with Gasteiger partial charge in [-0.25, -0.2) is 0 Å². The fourth-order valence-corrected chi connectivity index (χ4v) is 4.88. The Morgan fingerprint density at radius 2 is 1.34 bits per heavy atom. The van der Waals surface area contributed by atoms with E-state index in [1.54, 1.807) is 0 Å². The Bertz CT molecular complexity index is 1360. The predicted molar refractivity (Wildman–Crippen MR) is 125 cm³/mol. The molecule has 0 aliphatic heterocycles. The van der Waals surface area contributed by atoms with Gasteiger partial charge in [0, 0.05) is 10.5 Å². The average molecular weight is 395 g/mol. The maximum absolute atomic E-state index is 13.3. The zero-order chi connectivity index (χ0) is 20.2. The molecule has 2 heteroatoms. The molecule has 0 amide bonds. The van der Waals surface area contributed by atoms with Crippen molar-refractivity contribution in [2.24, 2.45) is 0 Å². The average Bonchev–Trinajstić information content (AvgIpc) is 2.71. The van der Waals surface area contributed by atoms with Crippen LogP contribution in [0.15, 0.2) is 83.8 Å². The van der Waals surface area contributed by atoms with Crippen LogP contribution in [0.1, 0.15) is 36.7 Å². The first kappa shape index (κ1) is 18.2. The molecule has 0 saturated heterocycles. The highest BCUT2D eigenvalue weighted by Gasteiger charge is 2.18. The van der Waals surface area contributed by atoms with Crippen molar-refractivity contribution < 1.29 is 4.79 Å². The SMILES string of the molecule is CC(C)(C)c1ccc(SC(=O)c2cc3cccc4ccc5cccc2c5c43)cc1. The Morgan fingerprint density at radius 3 is 2.03 bits per heavy atom. The van der Waals surface area contributed by atoms with Crippen molar-refractivity contribution in [3.05, 3.63) is 90.0 Å². The number of carbonyl (C=O) groups is 1. The van der Waals surface area contributed by atoms with Crippen LogP contribution < -0.4 is 0 Å². The maximum atomic E-state index is 13.3. The summed E-state index contributed by atoms with van der Waals surface area (Å²) in [5, 5.41) is 7.09. The second-order valence-electron chi connectivity index (χ2n) is 8.64. The Balaban J connectivity index is 1.62. The van der Waals surface area contributed by atoms with Gasteiger partial charge in [-0.15, -0.1) is 0 Å². The Morgan fingerprint density at radius 1 is 0.724 bits per heavy atom. The van der Waals surface area contributed by atoms with Gasteiger partial charge in [-0.1, -0.05) is 81.4 Å². The summed E-state index contributed by atoms with van der Waals surface area (Å²) in [5.41, 5.74) is 2.17. The Labute approximate surface area is 175 Å². The van der Waals surface area contributed by atoms with E-state index >= 15 is 0 Å². The van der Waals surface area contributed by atoms with Gasteiger partial charge in [0.05, 0.1) is 0 Å². The number of hydrogen-bond donors (Lipinski definition) is 0. The molecule has 29 heavy (non-hydrogen) atoms. The molecule has 0 aliphatic carbocycles. The summed E-state index contributed by atoms with van der Waals surface area (Å²) in [5.74, 6) is 0. The van der Waals surface area contributed by atoms with Crippen LogP contribution in [0.5, 0.6) is 0 Å². The predicted octanol–water partition coefficient (Wildman–Crippen LogP) is 7.81. The van der Waals surface area contributed by atoms with Crippen molar-refractivity contribution in [1.29, 1.82) is 0 Å². The quantitative estimate of drug-likeness (QED) is 0.224. The molecule has 0 radical (unpaired) electrons. The molecule has 0 heterocycles. The van der Waals surface area contributed by atoms with Gasteiger partial charge >= 0.3 is 0 Å². The van der Waals surface area contributed by atoms with Crippen LogP contribution >= 0.6 is 11.8 Å². The van der Waals surface area contributed by atoms with Gasteiger partial charge in [0.15, 0.2) is 0 Å². The molecule has 0 saturated carbocycles. The fourth-order valence-electron chi connectivity index (χ4n) is 4.12. The van der Waals surface area contributed by atoms with E-state index in [2.05, 4.69) is 93.6 Å². The summed E-state index contributed by atoms with van der Waals surface area (Å²) < 4.78 is 0. The molecular formula is C27H22OS. The smallest absolute Gasteiger partial charge is 0.224 e. The number of carbonyl (C=O) groups excluding carboxylic acids is 1. The molecule has 5 aromatic rings. The first-order valence-electron chi connectivity index (χ1n) is 9.91. The highest BCUT2D eigenvalue weighted by Crippen LogP contribution is 2.38. The van der Waals surface area contributed by atoms with Gasteiger partial charge in [0.25, 0.3) is 0 Å². The lowest BCUT2D eigenvalue weighted by molar-refractivity contribution is 0.109. The van der Waals surface area contributed by atoms with Crippen LogP contribution in [0.2, 0.25) is 0 Å². The normalized spacial score (nSPS) is 12.2. The third-order valence-corrected chi connectivity index (χ3v) is 6.57. The van der Waals surface area contributed by atoms with Crippen LogP contribution in [0.25, 0.3) is 32.3 Å². The van der Waals surface area contributed by atoms with Crippen LogP contribution in [-0.4, -0.2) is 5.12 Å². The van der Waals surface area contributed by atoms with Crippen molar-refractivity contribution in [3.63, 3.8) is 0 Å². The van der Waals surface area contributed by atoms with E-state index in [1.807, 2.05) is 6.07 Å². The molecule has 0 spiro atoms. The van der Waals surface area contributed by atoms with E-state index in [0.29, 0.717) is 0 Å². The van der Waals surface area contributed by atoms with Crippen LogP contribution in [-0.2, 0) is 5.41 Å². The lowest BCUT2D eigenvalue weighted by atomic mass is 9.87. The molecule has 1 nitrogen and oxygen atoms in total. The second kappa shape index (κ2) is 6.60. The van der Waals surface area contributed by atoms with Crippen molar-refractivity contribution in [2.75, 3.05) is 0 Å². The second-order valence-corrected chi connectivity index (χ2v) is 9.68. The number of hydrogen-bond acceptors (Lipinski definition) is 2. The minimum atomic E-state index is 0.0903. The lowest BCUT2D eigenvalue weighted by Crippen LogP contribution is -2.10. The number of benzene rings is 5. The monoisotopic (exact) mass is 394 g/mol. The standard InChI is InChI=1S/C27H22OS/c1-27(2,3)20-12-14-21(15-13-20)29-26(28)23-16-19-8-4-6-17-10-11-18-7-5-9-22(23)25(18)24(17)19/h4-16H,1-3H3. The molecule has 0 bridgehead atoms. The van der Waals surface area contributed by atoms with Crippen molar-refractivity contribution >= 4 is 49.2 Å². The largest absolute Gasteiger partial charge is 0.281 e. The summed E-state index contributed by atoms with van der Waals surface area (Å²) in [6.07, 6.45) is 0. The summed E-state index contributed by atoms with van der Waals surface area (Å²) in [4.78, 5) is 14.3. The minimum Gasteiger partial charge on any atom is -0.281 e. The number of rotatable bonds is 2. The molecule has 5 rings (SSSR count). The van der Waals surface area contributed by atoms with Gasteiger partial charge in [-0.05, 0) is 73.3 Å². The Kier molecular flexibility index (Phi) is 4.15. The Hall–Kier alpha value is -2.84. The highest BCUT2D eigenvalue weighted by molar-refractivity contribution is 8.14. The summed E-state index contributed by atoms with van der Waals surface area (Å²) in [7, 11) is 0. The van der Waals surface area contributed by atoms with Crippen molar-refractivity contribution in [3.8, 4) is 0 Å². The molecular weight excluding hydrogens is 372 g/mol. The van der Waals surface area contributed by atoms with Gasteiger partial charge in [0.1, 0.15) is 0 Å². The highest BCUT2D eigenvalue weighted by atomic mass is 32.2. The number of thioether (sulfide) groups is 1. The van der Waals surface area contributed by atoms with Crippen molar-refractivity contribution in [2.45, 2.75) is 31.1 Å². The topological polar surface area (TPSA) is 17.1 Å². The molecule has 142 valence electrons. The lowest BCUT2D eigenvalue weighted by Gasteiger charge is -2.19. The summed E-state index contributed by atoms with van der Waals surface area (Å²) in [6, 6.07) is 27.3. The molecule has 0 fully saturated rings. The first-order chi connectivity index (χ1) is 13.9. The maximum Gasteiger partial charge on any atom is 0.224 e. The molecule has 0 N–H and O–H groups in total. The fraction of sp³-hybridized carbons (Fsp3) is 0.148. The molecule has 0 aliphatic rings. The van der Waals surface area contributed by atoms with Crippen LogP contribution in [0, 0.1) is 0 Å². The summed E-state index contributed by atoms with van der Waals surface area (Å²) >= 11 is 1.31.